The summed E-state index contributed by atoms with van der Waals surface area (Å²) in [5.74, 6) is 0.755. The van der Waals surface area contributed by atoms with E-state index < -0.39 is 6.10 Å². The summed E-state index contributed by atoms with van der Waals surface area (Å²) < 4.78 is 14.3. The van der Waals surface area contributed by atoms with Crippen molar-refractivity contribution in [1.29, 1.82) is 0 Å². The van der Waals surface area contributed by atoms with Gasteiger partial charge in [0.25, 0.3) is 0 Å². The van der Waals surface area contributed by atoms with Gasteiger partial charge in [-0.25, -0.2) is 4.79 Å². The zero-order valence-corrected chi connectivity index (χ0v) is 15.8. The minimum absolute atomic E-state index is 0.0955. The number of hydrogen-bond donors (Lipinski definition) is 1. The van der Waals surface area contributed by atoms with E-state index in [1.165, 1.54) is 0 Å². The van der Waals surface area contributed by atoms with E-state index in [1.807, 2.05) is 55.5 Å². The number of aromatic nitrogens is 2. The molecule has 3 aromatic rings. The van der Waals surface area contributed by atoms with Crippen molar-refractivity contribution in [2.24, 2.45) is 0 Å². The van der Waals surface area contributed by atoms with E-state index in [4.69, 9.17) is 9.47 Å². The molecule has 0 saturated heterocycles. The zero-order valence-electron chi connectivity index (χ0n) is 15.8. The van der Waals surface area contributed by atoms with Crippen molar-refractivity contribution < 1.29 is 14.6 Å². The monoisotopic (exact) mass is 370 g/mol. The fourth-order valence-corrected chi connectivity index (χ4v) is 3.28. The highest BCUT2D eigenvalue weighted by atomic mass is 16.5. The van der Waals surface area contributed by atoms with E-state index in [1.54, 1.807) is 16.2 Å². The summed E-state index contributed by atoms with van der Waals surface area (Å²) in [6.45, 7) is 3.37. The van der Waals surface area contributed by atoms with Gasteiger partial charge in [0.15, 0.2) is 0 Å². The van der Waals surface area contributed by atoms with E-state index in [2.05, 4.69) is 0 Å². The van der Waals surface area contributed by atoms with Crippen molar-refractivity contribution in [1.82, 2.24) is 9.13 Å². The van der Waals surface area contributed by atoms with Gasteiger partial charge in [-0.2, -0.15) is 0 Å². The smallest absolute Gasteiger partial charge is 0.329 e. The molecule has 3 rings (SSSR count). The third-order valence-electron chi connectivity index (χ3n) is 4.53. The van der Waals surface area contributed by atoms with Crippen molar-refractivity contribution in [3.05, 3.63) is 64.6 Å². The standard InChI is InChI=1S/C21H26N2O4/c1-3-12-22-18-9-5-6-10-19(18)23(21(22)25)13-17(24)15-27-14-16-8-4-7-11-20(16)26-2/h4-11,17,24H,3,12-15H2,1-2H3/t17-/m1/s1. The molecule has 0 radical (unpaired) electrons. The van der Waals surface area contributed by atoms with Crippen molar-refractivity contribution in [2.75, 3.05) is 13.7 Å². The number of nitrogens with zero attached hydrogens (tertiary/aromatic N) is 2. The average molecular weight is 370 g/mol. The first-order valence-corrected chi connectivity index (χ1v) is 9.21. The first kappa shape index (κ1) is 19.2. The quantitative estimate of drug-likeness (QED) is 0.629. The van der Waals surface area contributed by atoms with Gasteiger partial charge in [0.05, 0.1) is 44.0 Å². The molecule has 6 heteroatoms. The number of methoxy groups -OCH3 is 1. The molecule has 0 aliphatic carbocycles. The maximum atomic E-state index is 12.8. The molecular formula is C21H26N2O4. The predicted molar refractivity (Wildman–Crippen MR) is 105 cm³/mol. The Kier molecular flexibility index (Phi) is 6.32. The Morgan fingerprint density at radius 2 is 1.70 bits per heavy atom. The lowest BCUT2D eigenvalue weighted by Crippen LogP contribution is -2.30. The Labute approximate surface area is 158 Å². The summed E-state index contributed by atoms with van der Waals surface area (Å²) in [7, 11) is 1.62. The highest BCUT2D eigenvalue weighted by Crippen LogP contribution is 2.18. The van der Waals surface area contributed by atoms with Crippen LogP contribution in [0.2, 0.25) is 0 Å². The molecule has 1 atom stereocenters. The highest BCUT2D eigenvalue weighted by molar-refractivity contribution is 5.76. The summed E-state index contributed by atoms with van der Waals surface area (Å²) in [6.07, 6.45) is 0.0941. The second-order valence-corrected chi connectivity index (χ2v) is 6.51. The molecule has 0 amide bonds. The van der Waals surface area contributed by atoms with Gasteiger partial charge < -0.3 is 14.6 Å². The van der Waals surface area contributed by atoms with Crippen LogP contribution < -0.4 is 10.4 Å². The first-order valence-electron chi connectivity index (χ1n) is 9.21. The van der Waals surface area contributed by atoms with Gasteiger partial charge in [-0.05, 0) is 24.6 Å². The topological polar surface area (TPSA) is 65.6 Å². The number of aryl methyl sites for hydroxylation is 1. The molecule has 0 spiro atoms. The zero-order chi connectivity index (χ0) is 19.2. The van der Waals surface area contributed by atoms with Crippen LogP contribution in [0.25, 0.3) is 11.0 Å². The van der Waals surface area contributed by atoms with E-state index in [0.29, 0.717) is 13.2 Å². The number of benzene rings is 2. The first-order chi connectivity index (χ1) is 13.2. The molecule has 0 bridgehead atoms. The van der Waals surface area contributed by atoms with Gasteiger partial charge in [0.1, 0.15) is 5.75 Å². The molecule has 2 aromatic carbocycles. The molecule has 27 heavy (non-hydrogen) atoms. The van der Waals surface area contributed by atoms with Crippen LogP contribution in [-0.4, -0.2) is 34.1 Å². The fourth-order valence-electron chi connectivity index (χ4n) is 3.28. The fraction of sp³-hybridized carbons (Fsp3) is 0.381. The Morgan fingerprint density at radius 3 is 2.41 bits per heavy atom. The van der Waals surface area contributed by atoms with Crippen molar-refractivity contribution in [3.63, 3.8) is 0 Å². The molecule has 0 saturated carbocycles. The van der Waals surface area contributed by atoms with E-state index >= 15 is 0 Å². The van der Waals surface area contributed by atoms with Crippen molar-refractivity contribution >= 4 is 11.0 Å². The van der Waals surface area contributed by atoms with Crippen LogP contribution in [0.4, 0.5) is 0 Å². The van der Waals surface area contributed by atoms with Gasteiger partial charge in [-0.15, -0.1) is 0 Å². The summed E-state index contributed by atoms with van der Waals surface area (Å²) in [4.78, 5) is 12.8. The summed E-state index contributed by atoms with van der Waals surface area (Å²) >= 11 is 0. The van der Waals surface area contributed by atoms with Crippen LogP contribution in [0.15, 0.2) is 53.3 Å². The Balaban J connectivity index is 1.68. The van der Waals surface area contributed by atoms with Crippen LogP contribution in [0, 0.1) is 0 Å². The van der Waals surface area contributed by atoms with Crippen molar-refractivity contribution in [2.45, 2.75) is 39.1 Å². The van der Waals surface area contributed by atoms with Crippen LogP contribution in [-0.2, 0) is 24.4 Å². The molecular weight excluding hydrogens is 344 g/mol. The number of rotatable bonds is 9. The van der Waals surface area contributed by atoms with Gasteiger partial charge in [-0.3, -0.25) is 9.13 Å². The van der Waals surface area contributed by atoms with E-state index in [-0.39, 0.29) is 18.8 Å². The minimum Gasteiger partial charge on any atom is -0.496 e. The Bertz CT molecular complexity index is 945. The largest absolute Gasteiger partial charge is 0.496 e. The maximum absolute atomic E-state index is 12.8. The normalized spacial score (nSPS) is 12.4. The lowest BCUT2D eigenvalue weighted by atomic mass is 10.2. The number of aliphatic hydroxyl groups excluding tert-OH is 1. The number of imidazole rings is 1. The average Bonchev–Trinajstić information content (AvgIpc) is 2.95. The van der Waals surface area contributed by atoms with Gasteiger partial charge >= 0.3 is 5.69 Å². The van der Waals surface area contributed by atoms with Crippen LogP contribution in [0.1, 0.15) is 18.9 Å². The molecule has 6 nitrogen and oxygen atoms in total. The van der Waals surface area contributed by atoms with Crippen LogP contribution >= 0.6 is 0 Å². The number of para-hydroxylation sites is 3. The predicted octanol–water partition coefficient (Wildman–Crippen LogP) is 2.80. The molecule has 0 aliphatic rings. The summed E-state index contributed by atoms with van der Waals surface area (Å²) in [5.41, 5.74) is 2.55. The Morgan fingerprint density at radius 1 is 1.04 bits per heavy atom. The Hall–Kier alpha value is -2.57. The number of aliphatic hydroxyl groups is 1. The van der Waals surface area contributed by atoms with E-state index in [0.717, 1.165) is 28.8 Å². The molecule has 144 valence electrons. The summed E-state index contributed by atoms with van der Waals surface area (Å²) in [5, 5.41) is 10.4. The van der Waals surface area contributed by atoms with Crippen molar-refractivity contribution in [3.8, 4) is 5.75 Å². The van der Waals surface area contributed by atoms with Crippen LogP contribution in [0.5, 0.6) is 5.75 Å². The lowest BCUT2D eigenvalue weighted by Gasteiger charge is -2.13. The SMILES string of the molecule is CCCn1c(=O)n(C[C@@H](O)COCc2ccccc2OC)c2ccccc21. The highest BCUT2D eigenvalue weighted by Gasteiger charge is 2.15. The molecule has 1 aromatic heterocycles. The molecule has 1 N–H and O–H groups in total. The summed E-state index contributed by atoms with van der Waals surface area (Å²) in [6, 6.07) is 15.3. The maximum Gasteiger partial charge on any atom is 0.329 e. The number of hydrogen-bond acceptors (Lipinski definition) is 4. The molecule has 1 heterocycles. The number of ether oxygens (including phenoxy) is 2. The molecule has 0 unspecified atom stereocenters. The lowest BCUT2D eigenvalue weighted by molar-refractivity contribution is 0.0198. The third kappa shape index (κ3) is 4.23. The van der Waals surface area contributed by atoms with E-state index in [9.17, 15) is 9.90 Å². The van der Waals surface area contributed by atoms with Gasteiger partial charge in [-0.1, -0.05) is 37.3 Å². The number of fused-ring (bicyclic) bond motifs is 1. The second-order valence-electron chi connectivity index (χ2n) is 6.51. The molecule has 0 aliphatic heterocycles. The molecule has 0 fully saturated rings. The second kappa shape index (κ2) is 8.88. The minimum atomic E-state index is -0.779. The third-order valence-corrected chi connectivity index (χ3v) is 4.53. The van der Waals surface area contributed by atoms with Crippen LogP contribution in [0.3, 0.4) is 0 Å². The van der Waals surface area contributed by atoms with Gasteiger partial charge in [0.2, 0.25) is 0 Å². The van der Waals surface area contributed by atoms with Gasteiger partial charge in [0, 0.05) is 12.1 Å².